The van der Waals surface area contributed by atoms with Gasteiger partial charge in [0.15, 0.2) is 0 Å². The molecule has 0 unspecified atom stereocenters. The van der Waals surface area contributed by atoms with Gasteiger partial charge in [-0.15, -0.1) is 0 Å². The van der Waals surface area contributed by atoms with Crippen molar-refractivity contribution >= 4 is 0 Å². The van der Waals surface area contributed by atoms with E-state index in [4.69, 9.17) is 0 Å². The minimum Gasteiger partial charge on any atom is -0.387 e. The predicted octanol–water partition coefficient (Wildman–Crippen LogP) is 2.43. The topological polar surface area (TPSA) is 41.3 Å². The zero-order valence-electron chi connectivity index (χ0n) is 12.1. The number of aromatic nitrogens is 2. The number of rotatable bonds is 4. The number of hydrogen-bond donors (Lipinski definition) is 1. The Bertz CT molecular complexity index is 596. The smallest absolute Gasteiger partial charge is 0.123 e. The van der Waals surface area contributed by atoms with Crippen LogP contribution >= 0.6 is 0 Å². The Morgan fingerprint density at radius 3 is 2.81 bits per heavy atom. The maximum absolute atomic E-state index is 12.9. The summed E-state index contributed by atoms with van der Waals surface area (Å²) in [7, 11) is 1.91. The van der Waals surface area contributed by atoms with Gasteiger partial charge in [-0.05, 0) is 37.1 Å². The minimum absolute atomic E-state index is 0.277. The summed E-state index contributed by atoms with van der Waals surface area (Å²) in [5.41, 5.74) is 1.95. The third kappa shape index (κ3) is 3.14. The van der Waals surface area contributed by atoms with Crippen molar-refractivity contribution in [3.8, 4) is 0 Å². The molecule has 2 aromatic rings. The van der Waals surface area contributed by atoms with Crippen molar-refractivity contribution < 1.29 is 9.50 Å². The summed E-state index contributed by atoms with van der Waals surface area (Å²) in [4.78, 5) is 2.28. The molecular formula is C16H20FN3O. The van der Waals surface area contributed by atoms with Crippen LogP contribution in [0, 0.1) is 5.82 Å². The number of likely N-dealkylation sites (tertiary alicyclic amines) is 1. The fraction of sp³-hybridized carbons (Fsp3) is 0.438. The molecule has 0 amide bonds. The number of halogens is 1. The van der Waals surface area contributed by atoms with E-state index in [2.05, 4.69) is 10.00 Å². The van der Waals surface area contributed by atoms with Crippen molar-refractivity contribution in [2.45, 2.75) is 25.0 Å². The molecule has 2 heterocycles. The lowest BCUT2D eigenvalue weighted by Crippen LogP contribution is -2.28. The lowest BCUT2D eigenvalue weighted by atomic mass is 10.1. The van der Waals surface area contributed by atoms with Gasteiger partial charge >= 0.3 is 0 Å². The SMILES string of the molecule is Cn1cc([C@@H]2CCCN2C[C@@H](O)c2ccc(F)cc2)cn1. The third-order valence-corrected chi connectivity index (χ3v) is 4.14. The van der Waals surface area contributed by atoms with Gasteiger partial charge < -0.3 is 5.11 Å². The van der Waals surface area contributed by atoms with Crippen molar-refractivity contribution in [2.75, 3.05) is 13.1 Å². The van der Waals surface area contributed by atoms with E-state index in [0.29, 0.717) is 12.6 Å². The van der Waals surface area contributed by atoms with Crippen LogP contribution in [-0.4, -0.2) is 32.9 Å². The van der Waals surface area contributed by atoms with Gasteiger partial charge in [0.2, 0.25) is 0 Å². The zero-order valence-corrected chi connectivity index (χ0v) is 12.1. The molecule has 1 N–H and O–H groups in total. The molecule has 0 spiro atoms. The summed E-state index contributed by atoms with van der Waals surface area (Å²) >= 11 is 0. The van der Waals surface area contributed by atoms with E-state index in [1.54, 1.807) is 12.1 Å². The molecule has 0 saturated carbocycles. The monoisotopic (exact) mass is 289 g/mol. The molecule has 21 heavy (non-hydrogen) atoms. The molecular weight excluding hydrogens is 269 g/mol. The maximum atomic E-state index is 12.9. The lowest BCUT2D eigenvalue weighted by molar-refractivity contribution is 0.106. The predicted molar refractivity (Wildman–Crippen MR) is 78.1 cm³/mol. The Balaban J connectivity index is 1.69. The number of aryl methyl sites for hydroxylation is 1. The Morgan fingerprint density at radius 2 is 2.14 bits per heavy atom. The van der Waals surface area contributed by atoms with Crippen LogP contribution in [0.1, 0.15) is 36.1 Å². The average Bonchev–Trinajstić information content (AvgIpc) is 3.08. The summed E-state index contributed by atoms with van der Waals surface area (Å²) in [6.07, 6.45) is 5.54. The minimum atomic E-state index is -0.595. The van der Waals surface area contributed by atoms with Crippen molar-refractivity contribution in [3.05, 3.63) is 53.6 Å². The molecule has 1 aromatic heterocycles. The first kappa shape index (κ1) is 14.2. The molecule has 1 saturated heterocycles. The number of β-amino-alcohol motifs (C(OH)–C–C–N with tert-alkyl or cyclic N) is 1. The lowest BCUT2D eigenvalue weighted by Gasteiger charge is -2.26. The van der Waals surface area contributed by atoms with Gasteiger partial charge in [-0.2, -0.15) is 5.10 Å². The Hall–Kier alpha value is -1.72. The van der Waals surface area contributed by atoms with Crippen molar-refractivity contribution in [1.29, 1.82) is 0 Å². The van der Waals surface area contributed by atoms with Crippen molar-refractivity contribution in [3.63, 3.8) is 0 Å². The van der Waals surface area contributed by atoms with Gasteiger partial charge in [-0.25, -0.2) is 4.39 Å². The molecule has 1 aliphatic rings. The normalized spacial score (nSPS) is 20.8. The second kappa shape index (κ2) is 5.95. The molecule has 1 aliphatic heterocycles. The van der Waals surface area contributed by atoms with E-state index >= 15 is 0 Å². The van der Waals surface area contributed by atoms with Crippen LogP contribution in [-0.2, 0) is 7.05 Å². The van der Waals surface area contributed by atoms with Gasteiger partial charge in [0, 0.05) is 31.4 Å². The number of nitrogens with zero attached hydrogens (tertiary/aromatic N) is 3. The number of aliphatic hydroxyl groups is 1. The summed E-state index contributed by atoms with van der Waals surface area (Å²) < 4.78 is 14.7. The van der Waals surface area contributed by atoms with Gasteiger partial charge in [-0.1, -0.05) is 12.1 Å². The Morgan fingerprint density at radius 1 is 1.38 bits per heavy atom. The van der Waals surface area contributed by atoms with Gasteiger partial charge in [0.25, 0.3) is 0 Å². The van der Waals surface area contributed by atoms with E-state index < -0.39 is 6.10 Å². The van der Waals surface area contributed by atoms with E-state index in [0.717, 1.165) is 24.9 Å². The van der Waals surface area contributed by atoms with Crippen LogP contribution in [0.3, 0.4) is 0 Å². The molecule has 2 atom stereocenters. The zero-order chi connectivity index (χ0) is 14.8. The Labute approximate surface area is 123 Å². The van der Waals surface area contributed by atoms with Crippen LogP contribution in [0.2, 0.25) is 0 Å². The quantitative estimate of drug-likeness (QED) is 0.940. The average molecular weight is 289 g/mol. The number of aliphatic hydroxyl groups excluding tert-OH is 1. The summed E-state index contributed by atoms with van der Waals surface area (Å²) in [6.45, 7) is 1.53. The second-order valence-electron chi connectivity index (χ2n) is 5.67. The fourth-order valence-electron chi connectivity index (χ4n) is 3.05. The number of hydrogen-bond acceptors (Lipinski definition) is 3. The molecule has 4 nitrogen and oxygen atoms in total. The highest BCUT2D eigenvalue weighted by atomic mass is 19.1. The van der Waals surface area contributed by atoms with Crippen LogP contribution in [0.4, 0.5) is 4.39 Å². The molecule has 3 rings (SSSR count). The first-order valence-electron chi connectivity index (χ1n) is 7.29. The highest BCUT2D eigenvalue weighted by Crippen LogP contribution is 2.33. The fourth-order valence-corrected chi connectivity index (χ4v) is 3.05. The van der Waals surface area contributed by atoms with Gasteiger partial charge in [-0.3, -0.25) is 9.58 Å². The molecule has 0 radical (unpaired) electrons. The summed E-state index contributed by atoms with van der Waals surface area (Å²) in [5.74, 6) is -0.277. The molecule has 0 aliphatic carbocycles. The molecule has 0 bridgehead atoms. The standard InChI is InChI=1S/C16H20FN3O/c1-19-10-13(9-18-19)15-3-2-8-20(15)11-16(21)12-4-6-14(17)7-5-12/h4-7,9-10,15-16,21H,2-3,8,11H2,1H3/t15-,16+/m0/s1. The van der Waals surface area contributed by atoms with Gasteiger partial charge in [0.05, 0.1) is 12.3 Å². The molecule has 1 fully saturated rings. The largest absolute Gasteiger partial charge is 0.387 e. The van der Waals surface area contributed by atoms with Crippen molar-refractivity contribution in [2.24, 2.45) is 7.05 Å². The van der Waals surface area contributed by atoms with E-state index in [1.165, 1.54) is 17.7 Å². The molecule has 1 aromatic carbocycles. The highest BCUT2D eigenvalue weighted by molar-refractivity contribution is 5.19. The summed E-state index contributed by atoms with van der Waals surface area (Å²) in [6, 6.07) is 6.39. The first-order chi connectivity index (χ1) is 10.1. The molecule has 112 valence electrons. The van der Waals surface area contributed by atoms with Crippen LogP contribution in [0.25, 0.3) is 0 Å². The van der Waals surface area contributed by atoms with Crippen LogP contribution < -0.4 is 0 Å². The first-order valence-corrected chi connectivity index (χ1v) is 7.29. The van der Waals surface area contributed by atoms with Crippen LogP contribution in [0.15, 0.2) is 36.7 Å². The van der Waals surface area contributed by atoms with E-state index in [9.17, 15) is 9.50 Å². The second-order valence-corrected chi connectivity index (χ2v) is 5.67. The van der Waals surface area contributed by atoms with Crippen LogP contribution in [0.5, 0.6) is 0 Å². The summed E-state index contributed by atoms with van der Waals surface area (Å²) in [5, 5.41) is 14.6. The molecule has 5 heteroatoms. The van der Waals surface area contributed by atoms with E-state index in [-0.39, 0.29) is 5.82 Å². The van der Waals surface area contributed by atoms with Crippen molar-refractivity contribution in [1.82, 2.24) is 14.7 Å². The maximum Gasteiger partial charge on any atom is 0.123 e. The Kier molecular flexibility index (Phi) is 4.03. The van der Waals surface area contributed by atoms with E-state index in [1.807, 2.05) is 24.1 Å². The van der Waals surface area contributed by atoms with Gasteiger partial charge in [0.1, 0.15) is 5.82 Å². The number of benzene rings is 1. The highest BCUT2D eigenvalue weighted by Gasteiger charge is 2.28. The third-order valence-electron chi connectivity index (χ3n) is 4.14.